The Morgan fingerprint density at radius 3 is 2.52 bits per heavy atom. The fourth-order valence-electron chi connectivity index (χ4n) is 3.14. The molecule has 0 aliphatic carbocycles. The Bertz CT molecular complexity index is 1370. The molecule has 0 atom stereocenters. The van der Waals surface area contributed by atoms with Gasteiger partial charge in [-0.15, -0.1) is 11.3 Å². The monoisotopic (exact) mass is 482 g/mol. The Kier molecular flexibility index (Phi) is 6.47. The topological polar surface area (TPSA) is 102 Å². The smallest absolute Gasteiger partial charge is 0.271 e. The van der Waals surface area contributed by atoms with Gasteiger partial charge in [-0.3, -0.25) is 4.72 Å². The van der Waals surface area contributed by atoms with E-state index in [-0.39, 0.29) is 4.21 Å². The van der Waals surface area contributed by atoms with Crippen molar-refractivity contribution in [3.63, 3.8) is 0 Å². The summed E-state index contributed by atoms with van der Waals surface area (Å²) in [5.41, 5.74) is 3.57. The van der Waals surface area contributed by atoms with Gasteiger partial charge >= 0.3 is 0 Å². The van der Waals surface area contributed by atoms with Gasteiger partial charge in [0.1, 0.15) is 4.21 Å². The van der Waals surface area contributed by atoms with E-state index < -0.39 is 10.0 Å². The first-order valence-corrected chi connectivity index (χ1v) is 12.3. The molecule has 0 amide bonds. The standard InChI is InChI=1S/C23H22N4O4S2/c1-15-6-8-17(27-33(28,29)22-5-4-12-32-22)14-19(15)26-23-24-11-10-18(25-23)16-7-9-20(30-2)21(13-16)31-3/h4-14,27H,1-3H3,(H,24,25,26). The number of sulfonamides is 1. The van der Waals surface area contributed by atoms with Gasteiger partial charge in [-0.1, -0.05) is 12.1 Å². The molecule has 0 unspecified atom stereocenters. The average Bonchev–Trinajstić information content (AvgIpc) is 3.37. The predicted molar refractivity (Wildman–Crippen MR) is 130 cm³/mol. The highest BCUT2D eigenvalue weighted by atomic mass is 32.2. The van der Waals surface area contributed by atoms with Crippen LogP contribution in [0.15, 0.2) is 70.4 Å². The molecule has 0 bridgehead atoms. The van der Waals surface area contributed by atoms with Crippen molar-refractivity contribution in [3.05, 3.63) is 71.7 Å². The number of nitrogens with one attached hydrogen (secondary N) is 2. The lowest BCUT2D eigenvalue weighted by Crippen LogP contribution is -2.11. The van der Waals surface area contributed by atoms with Crippen molar-refractivity contribution >= 4 is 38.7 Å². The van der Waals surface area contributed by atoms with Crippen molar-refractivity contribution in [2.45, 2.75) is 11.1 Å². The molecule has 0 aliphatic rings. The highest BCUT2D eigenvalue weighted by molar-refractivity contribution is 7.94. The molecular weight excluding hydrogens is 460 g/mol. The lowest BCUT2D eigenvalue weighted by molar-refractivity contribution is 0.355. The summed E-state index contributed by atoms with van der Waals surface area (Å²) in [5.74, 6) is 1.61. The number of hydrogen-bond donors (Lipinski definition) is 2. The van der Waals surface area contributed by atoms with E-state index >= 15 is 0 Å². The molecule has 2 heterocycles. The molecule has 0 radical (unpaired) electrons. The predicted octanol–water partition coefficient (Wildman–Crippen LogP) is 5.08. The van der Waals surface area contributed by atoms with Gasteiger partial charge in [0.2, 0.25) is 5.95 Å². The molecule has 0 saturated heterocycles. The normalized spacial score (nSPS) is 11.1. The zero-order valence-electron chi connectivity index (χ0n) is 18.2. The average molecular weight is 483 g/mol. The van der Waals surface area contributed by atoms with E-state index in [9.17, 15) is 8.42 Å². The number of benzene rings is 2. The van der Waals surface area contributed by atoms with Crippen molar-refractivity contribution in [2.75, 3.05) is 24.3 Å². The molecule has 170 valence electrons. The summed E-state index contributed by atoms with van der Waals surface area (Å²) < 4.78 is 38.6. The van der Waals surface area contributed by atoms with Gasteiger partial charge in [0.05, 0.1) is 25.6 Å². The molecule has 0 spiro atoms. The number of ether oxygens (including phenoxy) is 2. The fourth-order valence-corrected chi connectivity index (χ4v) is 5.18. The number of nitrogens with zero attached hydrogens (tertiary/aromatic N) is 2. The largest absolute Gasteiger partial charge is 0.493 e. The van der Waals surface area contributed by atoms with E-state index in [0.29, 0.717) is 34.5 Å². The highest BCUT2D eigenvalue weighted by Crippen LogP contribution is 2.32. The third kappa shape index (κ3) is 5.07. The lowest BCUT2D eigenvalue weighted by Gasteiger charge is -2.13. The van der Waals surface area contributed by atoms with Crippen molar-refractivity contribution in [2.24, 2.45) is 0 Å². The number of rotatable bonds is 8. The number of anilines is 3. The summed E-state index contributed by atoms with van der Waals surface area (Å²) in [6, 6.07) is 15.9. The van der Waals surface area contributed by atoms with Crippen LogP contribution < -0.4 is 19.5 Å². The number of aryl methyl sites for hydroxylation is 1. The zero-order valence-corrected chi connectivity index (χ0v) is 19.8. The number of methoxy groups -OCH3 is 2. The van der Waals surface area contributed by atoms with Gasteiger partial charge < -0.3 is 14.8 Å². The van der Waals surface area contributed by atoms with Gasteiger partial charge in [-0.05, 0) is 60.3 Å². The van der Waals surface area contributed by atoms with Crippen LogP contribution in [0.4, 0.5) is 17.3 Å². The van der Waals surface area contributed by atoms with E-state index in [0.717, 1.165) is 22.5 Å². The first-order chi connectivity index (χ1) is 15.9. The number of thiophene rings is 1. The maximum Gasteiger partial charge on any atom is 0.271 e. The molecular formula is C23H22N4O4S2. The van der Waals surface area contributed by atoms with Crippen molar-refractivity contribution in [3.8, 4) is 22.8 Å². The first kappa shape index (κ1) is 22.6. The van der Waals surface area contributed by atoms with Gasteiger partial charge in [0.15, 0.2) is 11.5 Å². The van der Waals surface area contributed by atoms with Crippen LogP contribution >= 0.6 is 11.3 Å². The molecule has 4 rings (SSSR count). The zero-order chi connectivity index (χ0) is 23.4. The van der Waals surface area contributed by atoms with Crippen molar-refractivity contribution in [1.82, 2.24) is 9.97 Å². The minimum Gasteiger partial charge on any atom is -0.493 e. The molecule has 4 aromatic rings. The Morgan fingerprint density at radius 1 is 0.970 bits per heavy atom. The van der Waals surface area contributed by atoms with E-state index in [2.05, 4.69) is 20.0 Å². The molecule has 2 N–H and O–H groups in total. The van der Waals surface area contributed by atoms with Crippen LogP contribution in [0.25, 0.3) is 11.3 Å². The van der Waals surface area contributed by atoms with Gasteiger partial charge in [0, 0.05) is 17.4 Å². The second-order valence-electron chi connectivity index (χ2n) is 7.03. The summed E-state index contributed by atoms with van der Waals surface area (Å²) in [6.45, 7) is 1.91. The Balaban J connectivity index is 1.59. The van der Waals surface area contributed by atoms with Crippen LogP contribution in [0.5, 0.6) is 11.5 Å². The van der Waals surface area contributed by atoms with Gasteiger partial charge in [0.25, 0.3) is 10.0 Å². The van der Waals surface area contributed by atoms with Crippen LogP contribution in [0.2, 0.25) is 0 Å². The summed E-state index contributed by atoms with van der Waals surface area (Å²) in [5, 5.41) is 4.91. The van der Waals surface area contributed by atoms with E-state index in [1.807, 2.05) is 31.2 Å². The number of hydrogen-bond acceptors (Lipinski definition) is 8. The minimum atomic E-state index is -3.64. The van der Waals surface area contributed by atoms with Crippen LogP contribution in [-0.2, 0) is 10.0 Å². The molecule has 0 fully saturated rings. The van der Waals surface area contributed by atoms with E-state index in [1.54, 1.807) is 56.1 Å². The third-order valence-corrected chi connectivity index (χ3v) is 7.61. The second-order valence-corrected chi connectivity index (χ2v) is 9.88. The van der Waals surface area contributed by atoms with Crippen LogP contribution in [0, 0.1) is 6.92 Å². The molecule has 0 saturated carbocycles. The second kappa shape index (κ2) is 9.47. The molecule has 8 nitrogen and oxygen atoms in total. The minimum absolute atomic E-state index is 0.253. The Labute approximate surface area is 196 Å². The number of aromatic nitrogens is 2. The fraction of sp³-hybridized carbons (Fsp3) is 0.130. The summed E-state index contributed by atoms with van der Waals surface area (Å²) in [7, 11) is -0.475. The maximum atomic E-state index is 12.6. The van der Waals surface area contributed by atoms with Crippen molar-refractivity contribution < 1.29 is 17.9 Å². The SMILES string of the molecule is COc1ccc(-c2ccnc(Nc3cc(NS(=O)(=O)c4cccs4)ccc3C)n2)cc1OC. The van der Waals surface area contributed by atoms with Gasteiger partial charge in [-0.2, -0.15) is 0 Å². The quantitative estimate of drug-likeness (QED) is 0.361. The summed E-state index contributed by atoms with van der Waals surface area (Å²) in [4.78, 5) is 8.91. The summed E-state index contributed by atoms with van der Waals surface area (Å²) >= 11 is 1.16. The van der Waals surface area contributed by atoms with Gasteiger partial charge in [-0.25, -0.2) is 18.4 Å². The maximum absolute atomic E-state index is 12.6. The van der Waals surface area contributed by atoms with Crippen LogP contribution in [-0.4, -0.2) is 32.6 Å². The molecule has 2 aromatic carbocycles. The molecule has 33 heavy (non-hydrogen) atoms. The Hall–Kier alpha value is -3.63. The van der Waals surface area contributed by atoms with E-state index in [1.165, 1.54) is 0 Å². The third-order valence-electron chi connectivity index (χ3n) is 4.83. The van der Waals surface area contributed by atoms with Crippen LogP contribution in [0.3, 0.4) is 0 Å². The van der Waals surface area contributed by atoms with E-state index in [4.69, 9.17) is 9.47 Å². The lowest BCUT2D eigenvalue weighted by atomic mass is 10.1. The first-order valence-electron chi connectivity index (χ1n) is 9.89. The van der Waals surface area contributed by atoms with Crippen molar-refractivity contribution in [1.29, 1.82) is 0 Å². The Morgan fingerprint density at radius 2 is 1.79 bits per heavy atom. The molecule has 0 aliphatic heterocycles. The highest BCUT2D eigenvalue weighted by Gasteiger charge is 2.16. The molecule has 2 aromatic heterocycles. The molecule has 10 heteroatoms. The van der Waals surface area contributed by atoms with Crippen LogP contribution in [0.1, 0.15) is 5.56 Å². The summed E-state index contributed by atoms with van der Waals surface area (Å²) in [6.07, 6.45) is 1.65.